The Bertz CT molecular complexity index is 1620. The number of thioether (sulfide) groups is 8. The van der Waals surface area contributed by atoms with E-state index in [2.05, 4.69) is 162 Å². The van der Waals surface area contributed by atoms with Gasteiger partial charge in [0.15, 0.2) is 0 Å². The first-order valence-corrected chi connectivity index (χ1v) is 51.4. The average molecular weight is 1510 g/mol. The lowest BCUT2D eigenvalue weighted by Crippen LogP contribution is -2.56. The monoisotopic (exact) mass is 1510 g/mol. The van der Waals surface area contributed by atoms with Gasteiger partial charge in [0.25, 0.3) is 0 Å². The van der Waals surface area contributed by atoms with Gasteiger partial charge in [-0.05, 0) is 142 Å². The van der Waals surface area contributed by atoms with Crippen LogP contribution in [0.1, 0.15) is 370 Å². The van der Waals surface area contributed by atoms with E-state index in [9.17, 15) is 20.4 Å². The van der Waals surface area contributed by atoms with E-state index < -0.39 is 12.2 Å². The maximum absolute atomic E-state index is 14.1. The number of aliphatic hydroxyl groups is 4. The molecule has 0 saturated heterocycles. The van der Waals surface area contributed by atoms with E-state index in [1.807, 2.05) is 0 Å². The van der Waals surface area contributed by atoms with Crippen LogP contribution >= 0.6 is 94.1 Å². The molecular weight excluding hydrogens is 1340 g/mol. The van der Waals surface area contributed by atoms with Crippen LogP contribution in [-0.2, 0) is 0 Å². The fraction of sp³-hybridized carbons (Fsp3) is 0.953. The first kappa shape index (κ1) is 95.2. The fourth-order valence-electron chi connectivity index (χ4n) is 15.1. The summed E-state index contributed by atoms with van der Waals surface area (Å²) in [6.45, 7) is 18.5. The summed E-state index contributed by atoms with van der Waals surface area (Å²) in [4.78, 5) is 0. The van der Waals surface area contributed by atoms with Gasteiger partial charge in [0.2, 0.25) is 0 Å². The number of allylic oxidation sites excluding steroid dienone is 2. The highest BCUT2D eigenvalue weighted by molar-refractivity contribution is 8.01. The summed E-state index contributed by atoms with van der Waals surface area (Å²) in [7, 11) is 0. The lowest BCUT2D eigenvalue weighted by atomic mass is 9.60. The second-order valence-corrected chi connectivity index (χ2v) is 39.9. The minimum absolute atomic E-state index is 0.211. The zero-order valence-electron chi connectivity index (χ0n) is 65.5. The Morgan fingerprint density at radius 2 is 0.474 bits per heavy atom. The highest BCUT2D eigenvalue weighted by Gasteiger charge is 2.55. The fourth-order valence-corrected chi connectivity index (χ4v) is 26.0. The summed E-state index contributed by atoms with van der Waals surface area (Å²) >= 11 is 17.3. The summed E-state index contributed by atoms with van der Waals surface area (Å²) in [5.41, 5.74) is 1.99. The maximum Gasteiger partial charge on any atom is 0.0721 e. The van der Waals surface area contributed by atoms with Crippen LogP contribution in [0.15, 0.2) is 23.3 Å². The molecule has 97 heavy (non-hydrogen) atoms. The van der Waals surface area contributed by atoms with Gasteiger partial charge in [0.1, 0.15) is 0 Å². The molecule has 6 atom stereocenters. The molecule has 2 rings (SSSR count). The van der Waals surface area contributed by atoms with Crippen molar-refractivity contribution in [2.75, 3.05) is 92.0 Å². The van der Waals surface area contributed by atoms with Crippen molar-refractivity contribution in [1.29, 1.82) is 0 Å². The molecule has 0 bridgehead atoms. The topological polar surface area (TPSA) is 80.9 Å². The number of aliphatic hydroxyl groups excluding tert-OH is 4. The summed E-state index contributed by atoms with van der Waals surface area (Å²) in [6, 6.07) is 0. The van der Waals surface area contributed by atoms with Crippen LogP contribution in [0.5, 0.6) is 0 Å². The SMILES string of the molecule is CCCCCCCCSCC1(CSCCCCCCCC)C=C(CC2=CC(CSCCCCCCCC)(CSCCCCCCCC)C(O)C(CSCCCCCCCC)(CSCCCC(O)CCCC)C2)CC(CSCCCCCCCC)(CSCCCC(O)CCCC)C1O. The molecule has 576 valence electrons. The first-order chi connectivity index (χ1) is 47.4. The molecule has 0 spiro atoms. The van der Waals surface area contributed by atoms with Crippen LogP contribution in [0.2, 0.25) is 0 Å². The molecule has 0 heterocycles. The number of rotatable bonds is 74. The minimum Gasteiger partial charge on any atom is -0.393 e. The van der Waals surface area contributed by atoms with Gasteiger partial charge in [0, 0.05) is 67.7 Å². The van der Waals surface area contributed by atoms with Gasteiger partial charge in [-0.2, -0.15) is 94.1 Å². The van der Waals surface area contributed by atoms with Crippen LogP contribution < -0.4 is 0 Å². The molecule has 4 N–H and O–H groups in total. The smallest absolute Gasteiger partial charge is 0.0721 e. The van der Waals surface area contributed by atoms with Crippen molar-refractivity contribution in [1.82, 2.24) is 0 Å². The molecule has 2 aliphatic rings. The Balaban J connectivity index is 3.05. The number of hydrogen-bond acceptors (Lipinski definition) is 12. The molecule has 0 aliphatic heterocycles. The van der Waals surface area contributed by atoms with Gasteiger partial charge < -0.3 is 20.4 Å². The Kier molecular flexibility index (Phi) is 64.0. The second-order valence-electron chi connectivity index (χ2n) is 31.0. The van der Waals surface area contributed by atoms with Crippen LogP contribution in [0.4, 0.5) is 0 Å². The summed E-state index contributed by atoms with van der Waals surface area (Å²) in [5, 5.41) is 50.4. The van der Waals surface area contributed by atoms with E-state index in [0.29, 0.717) is 0 Å². The molecule has 0 amide bonds. The summed E-state index contributed by atoms with van der Waals surface area (Å²) < 4.78 is 0. The van der Waals surface area contributed by atoms with Gasteiger partial charge in [-0.25, -0.2) is 0 Å². The molecule has 0 fully saturated rings. The van der Waals surface area contributed by atoms with E-state index in [1.54, 1.807) is 11.1 Å². The van der Waals surface area contributed by atoms with E-state index in [1.165, 1.54) is 266 Å². The molecule has 0 radical (unpaired) electrons. The number of unbranched alkanes of at least 4 members (excludes halogenated alkanes) is 32. The molecule has 12 heteroatoms. The third-order valence-corrected chi connectivity index (χ3v) is 31.9. The van der Waals surface area contributed by atoms with Crippen LogP contribution in [0, 0.1) is 21.7 Å². The van der Waals surface area contributed by atoms with Gasteiger partial charge in [-0.15, -0.1) is 0 Å². The lowest BCUT2D eigenvalue weighted by molar-refractivity contribution is -0.0216. The van der Waals surface area contributed by atoms with E-state index in [0.717, 1.165) is 141 Å². The van der Waals surface area contributed by atoms with Gasteiger partial charge in [-0.3, -0.25) is 0 Å². The summed E-state index contributed by atoms with van der Waals surface area (Å²) in [5.74, 6) is 17.0. The van der Waals surface area contributed by atoms with Crippen molar-refractivity contribution >= 4 is 94.1 Å². The quantitative estimate of drug-likeness (QED) is 0.0346. The lowest BCUT2D eigenvalue weighted by Gasteiger charge is -2.53. The molecule has 0 aromatic rings. The average Bonchev–Trinajstić information content (AvgIpc) is 0.747. The van der Waals surface area contributed by atoms with E-state index in [4.69, 9.17) is 0 Å². The van der Waals surface area contributed by atoms with Crippen LogP contribution in [0.3, 0.4) is 0 Å². The highest BCUT2D eigenvalue weighted by Crippen LogP contribution is 2.57. The maximum atomic E-state index is 14.1. The predicted molar refractivity (Wildman–Crippen MR) is 460 cm³/mol. The molecule has 0 saturated carbocycles. The van der Waals surface area contributed by atoms with Gasteiger partial charge in [0.05, 0.1) is 24.4 Å². The molecule has 4 nitrogen and oxygen atoms in total. The van der Waals surface area contributed by atoms with E-state index >= 15 is 0 Å². The Morgan fingerprint density at radius 1 is 0.278 bits per heavy atom. The zero-order chi connectivity index (χ0) is 70.5. The molecule has 2 aliphatic carbocycles. The largest absolute Gasteiger partial charge is 0.393 e. The van der Waals surface area contributed by atoms with Gasteiger partial charge >= 0.3 is 0 Å². The van der Waals surface area contributed by atoms with Crippen LogP contribution in [-0.4, -0.2) is 137 Å². The van der Waals surface area contributed by atoms with Crippen molar-refractivity contribution < 1.29 is 20.4 Å². The van der Waals surface area contributed by atoms with Crippen molar-refractivity contribution in [3.05, 3.63) is 23.3 Å². The van der Waals surface area contributed by atoms with Crippen molar-refractivity contribution in [2.24, 2.45) is 21.7 Å². The molecule has 0 aromatic carbocycles. The standard InChI is InChI=1S/C85H164O4S8/c1-9-17-25-31-37-43-55-90-68-82(69-91-56-44-38-32-26-18-10-2)64-76(66-84(80(82)88,72-94-59-47-41-35-29-21-13-5)74-96-61-49-53-78(86)51-23-15-7)63-77-65-83(70-92-57-45-39-33-27-19-11-3,71-93-58-46-40-34-28-20-12-4)81(89)85(67-77,73-95-60-48-42-36-30-22-14-6)75-97-62-50-54-79(87)52-24-16-8/h64-65,78-81,86-89H,9-63,66-75H2,1-8H3. The van der Waals surface area contributed by atoms with Gasteiger partial charge in [-0.1, -0.05) is 297 Å². The third kappa shape index (κ3) is 44.9. The summed E-state index contributed by atoms with van der Waals surface area (Å²) in [6.07, 6.45) is 64.7. The second kappa shape index (κ2) is 65.2. The molecule has 6 unspecified atom stereocenters. The Hall–Kier alpha value is 2.12. The van der Waals surface area contributed by atoms with Crippen LogP contribution in [0.25, 0.3) is 0 Å². The van der Waals surface area contributed by atoms with Crippen molar-refractivity contribution in [3.8, 4) is 0 Å². The normalized spacial score (nSPS) is 20.0. The predicted octanol–water partition coefficient (Wildman–Crippen LogP) is 27.4. The molecular formula is C85H164O4S8. The van der Waals surface area contributed by atoms with Crippen molar-refractivity contribution in [2.45, 2.75) is 394 Å². The first-order valence-electron chi connectivity index (χ1n) is 42.2. The van der Waals surface area contributed by atoms with Crippen molar-refractivity contribution in [3.63, 3.8) is 0 Å². The minimum atomic E-state index is -0.426. The Morgan fingerprint density at radius 3 is 0.711 bits per heavy atom. The highest BCUT2D eigenvalue weighted by atomic mass is 32.2. The Labute approximate surface area is 640 Å². The molecule has 0 aromatic heterocycles. The third-order valence-electron chi connectivity index (χ3n) is 21.2. The number of hydrogen-bond donors (Lipinski definition) is 4. The van der Waals surface area contributed by atoms with E-state index in [-0.39, 0.29) is 33.9 Å². The zero-order valence-corrected chi connectivity index (χ0v) is 72.0.